The molecule has 0 aliphatic carbocycles. The van der Waals surface area contributed by atoms with E-state index in [9.17, 15) is 9.59 Å². The second-order valence-corrected chi connectivity index (χ2v) is 5.32. The van der Waals surface area contributed by atoms with Crippen molar-refractivity contribution < 1.29 is 19.4 Å². The van der Waals surface area contributed by atoms with Crippen molar-refractivity contribution in [2.75, 3.05) is 32.7 Å². The number of ether oxygens (including phenoxy) is 1. The average molecular weight is 274 g/mol. The minimum absolute atomic E-state index is 0.0115. The van der Waals surface area contributed by atoms with Gasteiger partial charge in [0.1, 0.15) is 5.60 Å². The van der Waals surface area contributed by atoms with Crippen molar-refractivity contribution in [1.82, 2.24) is 9.80 Å². The maximum Gasteiger partial charge on any atom is 0.410 e. The van der Waals surface area contributed by atoms with Gasteiger partial charge in [0.15, 0.2) is 0 Å². The van der Waals surface area contributed by atoms with Crippen LogP contribution >= 0.6 is 0 Å². The molecule has 1 N–H and O–H groups in total. The smallest absolute Gasteiger partial charge is 0.410 e. The summed E-state index contributed by atoms with van der Waals surface area (Å²) in [7, 11) is 0. The molecule has 6 heteroatoms. The molecule has 19 heavy (non-hydrogen) atoms. The summed E-state index contributed by atoms with van der Waals surface area (Å²) in [5.74, 6) is -0.859. The SMILES string of the molecule is CCN(CCN(CC)C(=O)OC(C)(C)C)CC(=O)O. The fourth-order valence-electron chi connectivity index (χ4n) is 1.51. The molecule has 0 aromatic rings. The Labute approximate surface area is 115 Å². The molecule has 0 heterocycles. The quantitative estimate of drug-likeness (QED) is 0.764. The molecule has 0 aliphatic rings. The highest BCUT2D eigenvalue weighted by molar-refractivity contribution is 5.69. The molecule has 0 radical (unpaired) electrons. The van der Waals surface area contributed by atoms with Gasteiger partial charge in [-0.3, -0.25) is 9.69 Å². The van der Waals surface area contributed by atoms with Crippen molar-refractivity contribution in [1.29, 1.82) is 0 Å². The number of rotatable bonds is 7. The van der Waals surface area contributed by atoms with Gasteiger partial charge in [0.2, 0.25) is 0 Å². The van der Waals surface area contributed by atoms with Gasteiger partial charge in [-0.15, -0.1) is 0 Å². The molecular formula is C13H26N2O4. The van der Waals surface area contributed by atoms with E-state index >= 15 is 0 Å². The summed E-state index contributed by atoms with van der Waals surface area (Å²) in [4.78, 5) is 25.9. The van der Waals surface area contributed by atoms with E-state index in [1.807, 2.05) is 34.6 Å². The summed E-state index contributed by atoms with van der Waals surface area (Å²) in [5.41, 5.74) is -0.518. The molecule has 0 aliphatic heterocycles. The Morgan fingerprint density at radius 3 is 2.05 bits per heavy atom. The molecule has 0 spiro atoms. The van der Waals surface area contributed by atoms with Crippen LogP contribution in [0.3, 0.4) is 0 Å². The molecule has 0 atom stereocenters. The highest BCUT2D eigenvalue weighted by atomic mass is 16.6. The molecule has 0 unspecified atom stereocenters. The van der Waals surface area contributed by atoms with Crippen molar-refractivity contribution in [2.45, 2.75) is 40.2 Å². The number of hydrogen-bond acceptors (Lipinski definition) is 4. The van der Waals surface area contributed by atoms with E-state index in [4.69, 9.17) is 9.84 Å². The Morgan fingerprint density at radius 2 is 1.68 bits per heavy atom. The zero-order valence-electron chi connectivity index (χ0n) is 12.6. The van der Waals surface area contributed by atoms with Crippen molar-refractivity contribution in [3.63, 3.8) is 0 Å². The third kappa shape index (κ3) is 8.42. The van der Waals surface area contributed by atoms with Crippen molar-refractivity contribution >= 4 is 12.1 Å². The van der Waals surface area contributed by atoms with Gasteiger partial charge in [-0.05, 0) is 34.2 Å². The molecule has 0 aromatic heterocycles. The van der Waals surface area contributed by atoms with Crippen LogP contribution in [0.4, 0.5) is 4.79 Å². The summed E-state index contributed by atoms with van der Waals surface area (Å²) in [5, 5.41) is 8.75. The van der Waals surface area contributed by atoms with Crippen LogP contribution in [0.2, 0.25) is 0 Å². The molecule has 0 rings (SSSR count). The summed E-state index contributed by atoms with van der Waals surface area (Å²) in [6, 6.07) is 0. The molecule has 6 nitrogen and oxygen atoms in total. The van der Waals surface area contributed by atoms with E-state index in [-0.39, 0.29) is 12.6 Å². The van der Waals surface area contributed by atoms with E-state index < -0.39 is 11.6 Å². The highest BCUT2D eigenvalue weighted by Crippen LogP contribution is 2.09. The van der Waals surface area contributed by atoms with Gasteiger partial charge < -0.3 is 14.7 Å². The number of hydrogen-bond donors (Lipinski definition) is 1. The Bertz CT molecular complexity index is 300. The monoisotopic (exact) mass is 274 g/mol. The van der Waals surface area contributed by atoms with Gasteiger partial charge in [0, 0.05) is 19.6 Å². The molecule has 1 amide bonds. The topological polar surface area (TPSA) is 70.1 Å². The van der Waals surface area contributed by atoms with Crippen LogP contribution in [0.1, 0.15) is 34.6 Å². The third-order valence-electron chi connectivity index (χ3n) is 2.53. The number of carbonyl (C=O) groups excluding carboxylic acids is 1. The Kier molecular flexibility index (Phi) is 7.44. The number of carbonyl (C=O) groups is 2. The number of carboxylic acid groups (broad SMARTS) is 1. The Balaban J connectivity index is 4.32. The summed E-state index contributed by atoms with van der Waals surface area (Å²) in [6.07, 6.45) is -0.360. The van der Waals surface area contributed by atoms with Crippen LogP contribution in [0.15, 0.2) is 0 Å². The van der Waals surface area contributed by atoms with Crippen LogP contribution < -0.4 is 0 Å². The van der Waals surface area contributed by atoms with E-state index in [1.54, 1.807) is 9.80 Å². The fraction of sp³-hybridized carbons (Fsp3) is 0.846. The second-order valence-electron chi connectivity index (χ2n) is 5.32. The first-order valence-electron chi connectivity index (χ1n) is 6.61. The van der Waals surface area contributed by atoms with Crippen molar-refractivity contribution in [3.8, 4) is 0 Å². The standard InChI is InChI=1S/C13H26N2O4/c1-6-14(10-11(16)17)8-9-15(7-2)12(18)19-13(3,4)5/h6-10H2,1-5H3,(H,16,17). The highest BCUT2D eigenvalue weighted by Gasteiger charge is 2.21. The summed E-state index contributed by atoms with van der Waals surface area (Å²) >= 11 is 0. The van der Waals surface area contributed by atoms with E-state index in [0.29, 0.717) is 26.2 Å². The van der Waals surface area contributed by atoms with Crippen LogP contribution in [0.5, 0.6) is 0 Å². The molecule has 0 saturated heterocycles. The lowest BCUT2D eigenvalue weighted by Crippen LogP contribution is -2.42. The summed E-state index contributed by atoms with van der Waals surface area (Å²) in [6.45, 7) is 11.4. The first kappa shape index (κ1) is 17.7. The molecule has 112 valence electrons. The van der Waals surface area contributed by atoms with Crippen LogP contribution in [0, 0.1) is 0 Å². The van der Waals surface area contributed by atoms with E-state index in [2.05, 4.69) is 0 Å². The van der Waals surface area contributed by atoms with Crippen LogP contribution in [-0.2, 0) is 9.53 Å². The lowest BCUT2D eigenvalue weighted by atomic mass is 10.2. The normalized spacial score (nSPS) is 11.5. The summed E-state index contributed by atoms with van der Waals surface area (Å²) < 4.78 is 5.29. The molecule has 0 fully saturated rings. The number of amides is 1. The predicted octanol–water partition coefficient (Wildman–Crippen LogP) is 1.65. The van der Waals surface area contributed by atoms with Crippen LogP contribution in [0.25, 0.3) is 0 Å². The van der Waals surface area contributed by atoms with Gasteiger partial charge in [0.25, 0.3) is 0 Å². The molecule has 0 bridgehead atoms. The Morgan fingerprint density at radius 1 is 1.11 bits per heavy atom. The maximum absolute atomic E-state index is 11.9. The molecule has 0 aromatic carbocycles. The van der Waals surface area contributed by atoms with Crippen molar-refractivity contribution in [2.24, 2.45) is 0 Å². The van der Waals surface area contributed by atoms with E-state index in [0.717, 1.165) is 0 Å². The first-order chi connectivity index (χ1) is 8.69. The van der Waals surface area contributed by atoms with Gasteiger partial charge >= 0.3 is 12.1 Å². The number of likely N-dealkylation sites (N-methyl/N-ethyl adjacent to an activating group) is 2. The lowest BCUT2D eigenvalue weighted by molar-refractivity contribution is -0.138. The fourth-order valence-corrected chi connectivity index (χ4v) is 1.51. The molecular weight excluding hydrogens is 248 g/mol. The van der Waals surface area contributed by atoms with Gasteiger partial charge in [0.05, 0.1) is 6.54 Å². The van der Waals surface area contributed by atoms with Gasteiger partial charge in [-0.2, -0.15) is 0 Å². The Hall–Kier alpha value is -1.30. The maximum atomic E-state index is 11.9. The minimum atomic E-state index is -0.859. The predicted molar refractivity (Wildman–Crippen MR) is 73.2 cm³/mol. The zero-order chi connectivity index (χ0) is 15.1. The van der Waals surface area contributed by atoms with Gasteiger partial charge in [-0.25, -0.2) is 4.79 Å². The second kappa shape index (κ2) is 7.99. The lowest BCUT2D eigenvalue weighted by Gasteiger charge is -2.28. The first-order valence-corrected chi connectivity index (χ1v) is 6.61. The zero-order valence-corrected chi connectivity index (χ0v) is 12.6. The number of nitrogens with zero attached hydrogens (tertiary/aromatic N) is 2. The minimum Gasteiger partial charge on any atom is -0.480 e. The number of aliphatic carboxylic acids is 1. The van der Waals surface area contributed by atoms with Crippen LogP contribution in [-0.4, -0.2) is 65.3 Å². The largest absolute Gasteiger partial charge is 0.480 e. The van der Waals surface area contributed by atoms with Crippen molar-refractivity contribution in [3.05, 3.63) is 0 Å². The average Bonchev–Trinajstić information content (AvgIpc) is 2.25. The molecule has 0 saturated carbocycles. The number of carboxylic acids is 1. The van der Waals surface area contributed by atoms with E-state index in [1.165, 1.54) is 0 Å². The third-order valence-corrected chi connectivity index (χ3v) is 2.53. The van der Waals surface area contributed by atoms with Gasteiger partial charge in [-0.1, -0.05) is 6.92 Å².